The van der Waals surface area contributed by atoms with Crippen molar-refractivity contribution in [3.05, 3.63) is 27.6 Å². The molecule has 0 saturated heterocycles. The maximum Gasteiger partial charge on any atom is 0.171 e. The molecule has 0 aliphatic heterocycles. The topological polar surface area (TPSA) is 30.2 Å². The molecule has 2 aromatic rings. The first-order valence-corrected chi connectivity index (χ1v) is 7.53. The number of hydrogen-bond acceptors (Lipinski definition) is 2. The van der Waals surface area contributed by atoms with Gasteiger partial charge in [0.15, 0.2) is 5.65 Å². The van der Waals surface area contributed by atoms with Crippen LogP contribution in [-0.2, 0) is 0 Å². The molecule has 2 heterocycles. The summed E-state index contributed by atoms with van der Waals surface area (Å²) in [4.78, 5) is 4.74. The summed E-state index contributed by atoms with van der Waals surface area (Å²) in [6, 6.07) is 1.97. The lowest BCUT2D eigenvalue weighted by Gasteiger charge is -2.28. The Morgan fingerprint density at radius 3 is 2.94 bits per heavy atom. The van der Waals surface area contributed by atoms with Gasteiger partial charge in [-0.3, -0.25) is 0 Å². The molecule has 1 aliphatic carbocycles. The lowest BCUT2D eigenvalue weighted by molar-refractivity contribution is 0.325. The number of aromatic nitrogens is 3. The van der Waals surface area contributed by atoms with E-state index in [0.717, 1.165) is 15.8 Å². The molecular formula is C13H15BrClN3. The van der Waals surface area contributed by atoms with Crippen LogP contribution in [0.3, 0.4) is 0 Å². The van der Waals surface area contributed by atoms with Crippen molar-refractivity contribution in [1.82, 2.24) is 14.6 Å². The van der Waals surface area contributed by atoms with Crippen LogP contribution in [0.25, 0.3) is 5.65 Å². The Balaban J connectivity index is 2.08. The van der Waals surface area contributed by atoms with E-state index in [-0.39, 0.29) is 0 Å². The van der Waals surface area contributed by atoms with Gasteiger partial charge in [-0.2, -0.15) is 5.10 Å². The maximum absolute atomic E-state index is 6.28. The van der Waals surface area contributed by atoms with E-state index in [1.807, 2.05) is 6.07 Å². The zero-order valence-corrected chi connectivity index (χ0v) is 12.6. The highest BCUT2D eigenvalue weighted by molar-refractivity contribution is 9.10. The predicted molar refractivity (Wildman–Crippen MR) is 76.1 cm³/mol. The molecule has 1 aliphatic rings. The van der Waals surface area contributed by atoms with Gasteiger partial charge in [0.05, 0.1) is 10.7 Å². The Morgan fingerprint density at radius 1 is 1.39 bits per heavy atom. The quantitative estimate of drug-likeness (QED) is 0.724. The van der Waals surface area contributed by atoms with Gasteiger partial charge < -0.3 is 0 Å². The standard InChI is InChI=1S/C13H15BrClN3/c1-8-4-2-3-5-9(8)11-6-12(15)18-13(17-11)10(14)7-16-18/h6-9H,2-5H2,1H3/t8-,9-/m0/s1. The summed E-state index contributed by atoms with van der Waals surface area (Å²) in [6.07, 6.45) is 6.87. The summed E-state index contributed by atoms with van der Waals surface area (Å²) in [7, 11) is 0. The molecule has 0 bridgehead atoms. The van der Waals surface area contributed by atoms with E-state index in [9.17, 15) is 0 Å². The smallest absolute Gasteiger partial charge is 0.171 e. The number of rotatable bonds is 1. The van der Waals surface area contributed by atoms with Crippen LogP contribution in [0, 0.1) is 5.92 Å². The highest BCUT2D eigenvalue weighted by Crippen LogP contribution is 2.37. The van der Waals surface area contributed by atoms with Crippen molar-refractivity contribution in [1.29, 1.82) is 0 Å². The maximum atomic E-state index is 6.28. The summed E-state index contributed by atoms with van der Waals surface area (Å²) in [5.41, 5.74) is 1.93. The summed E-state index contributed by atoms with van der Waals surface area (Å²) in [6.45, 7) is 2.31. The van der Waals surface area contributed by atoms with Gasteiger partial charge in [-0.1, -0.05) is 37.8 Å². The van der Waals surface area contributed by atoms with Crippen molar-refractivity contribution < 1.29 is 0 Å². The Bertz CT molecular complexity index is 581. The third-order valence-electron chi connectivity index (χ3n) is 3.90. The van der Waals surface area contributed by atoms with Crippen LogP contribution in [0.15, 0.2) is 16.7 Å². The van der Waals surface area contributed by atoms with E-state index >= 15 is 0 Å². The molecule has 2 atom stereocenters. The second kappa shape index (κ2) is 4.82. The molecule has 3 rings (SSSR count). The Labute approximate surface area is 120 Å². The number of nitrogens with zero attached hydrogens (tertiary/aromatic N) is 3. The van der Waals surface area contributed by atoms with E-state index in [4.69, 9.17) is 16.6 Å². The zero-order valence-electron chi connectivity index (χ0n) is 10.2. The van der Waals surface area contributed by atoms with Gasteiger partial charge in [-0.25, -0.2) is 9.50 Å². The van der Waals surface area contributed by atoms with Crippen LogP contribution in [-0.4, -0.2) is 14.6 Å². The van der Waals surface area contributed by atoms with Gasteiger partial charge in [-0.15, -0.1) is 0 Å². The van der Waals surface area contributed by atoms with Crippen molar-refractivity contribution >= 4 is 33.2 Å². The van der Waals surface area contributed by atoms with Gasteiger partial charge in [-0.05, 0) is 34.3 Å². The molecule has 5 heteroatoms. The van der Waals surface area contributed by atoms with Gasteiger partial charge in [0, 0.05) is 11.6 Å². The molecule has 0 amide bonds. The van der Waals surface area contributed by atoms with Crippen LogP contribution in [0.1, 0.15) is 44.2 Å². The van der Waals surface area contributed by atoms with Crippen LogP contribution >= 0.6 is 27.5 Å². The van der Waals surface area contributed by atoms with Crippen molar-refractivity contribution in [2.75, 3.05) is 0 Å². The zero-order chi connectivity index (χ0) is 12.7. The van der Waals surface area contributed by atoms with Crippen LogP contribution in [0.2, 0.25) is 5.15 Å². The molecule has 3 nitrogen and oxygen atoms in total. The molecule has 0 unspecified atom stereocenters. The third-order valence-corrected chi connectivity index (χ3v) is 4.73. The number of fused-ring (bicyclic) bond motifs is 1. The molecule has 0 spiro atoms. The molecule has 18 heavy (non-hydrogen) atoms. The van der Waals surface area contributed by atoms with Gasteiger partial charge >= 0.3 is 0 Å². The lowest BCUT2D eigenvalue weighted by Crippen LogP contribution is -2.16. The Morgan fingerprint density at radius 2 is 2.17 bits per heavy atom. The average Bonchev–Trinajstić information content (AvgIpc) is 2.72. The van der Waals surface area contributed by atoms with E-state index in [1.165, 1.54) is 25.7 Å². The fourth-order valence-electron chi connectivity index (χ4n) is 2.86. The molecule has 1 saturated carbocycles. The SMILES string of the molecule is C[C@H]1CCCC[C@@H]1c1cc(Cl)n2ncc(Br)c2n1. The first-order chi connectivity index (χ1) is 8.66. The Kier molecular flexibility index (Phi) is 3.32. The Hall–Kier alpha value is -0.610. The molecule has 0 radical (unpaired) electrons. The largest absolute Gasteiger partial charge is 0.232 e. The highest BCUT2D eigenvalue weighted by Gasteiger charge is 2.25. The van der Waals surface area contributed by atoms with Crippen molar-refractivity contribution in [2.45, 2.75) is 38.5 Å². The minimum Gasteiger partial charge on any atom is -0.232 e. The lowest BCUT2D eigenvalue weighted by atomic mass is 9.78. The fourth-order valence-corrected chi connectivity index (χ4v) is 3.45. The monoisotopic (exact) mass is 327 g/mol. The molecule has 0 aromatic carbocycles. The van der Waals surface area contributed by atoms with Gasteiger partial charge in [0.1, 0.15) is 5.15 Å². The first kappa shape index (κ1) is 12.4. The minimum atomic E-state index is 0.531. The van der Waals surface area contributed by atoms with Crippen LogP contribution in [0.4, 0.5) is 0 Å². The average molecular weight is 329 g/mol. The molecule has 1 fully saturated rings. The van der Waals surface area contributed by atoms with E-state index in [2.05, 4.69) is 28.0 Å². The molecule has 0 N–H and O–H groups in total. The second-order valence-corrected chi connectivity index (χ2v) is 6.34. The summed E-state index contributed by atoms with van der Waals surface area (Å²) in [5, 5.41) is 4.84. The predicted octanol–water partition coefficient (Wildman–Crippen LogP) is 4.44. The van der Waals surface area contributed by atoms with Crippen molar-refractivity contribution in [3.63, 3.8) is 0 Å². The van der Waals surface area contributed by atoms with Crippen molar-refractivity contribution in [3.8, 4) is 0 Å². The van der Waals surface area contributed by atoms with Gasteiger partial charge in [0.2, 0.25) is 0 Å². The summed E-state index contributed by atoms with van der Waals surface area (Å²) in [5.74, 6) is 1.22. The molecule has 2 aromatic heterocycles. The van der Waals surface area contributed by atoms with E-state index in [1.54, 1.807) is 10.7 Å². The number of halogens is 2. The van der Waals surface area contributed by atoms with E-state index in [0.29, 0.717) is 17.0 Å². The normalized spacial score (nSPS) is 24.6. The van der Waals surface area contributed by atoms with Crippen molar-refractivity contribution in [2.24, 2.45) is 5.92 Å². The number of hydrogen-bond donors (Lipinski definition) is 0. The fraction of sp³-hybridized carbons (Fsp3) is 0.538. The molecular weight excluding hydrogens is 314 g/mol. The molecule has 96 valence electrons. The summed E-state index contributed by atoms with van der Waals surface area (Å²) < 4.78 is 2.57. The van der Waals surface area contributed by atoms with E-state index < -0.39 is 0 Å². The third kappa shape index (κ3) is 2.05. The first-order valence-electron chi connectivity index (χ1n) is 6.36. The minimum absolute atomic E-state index is 0.531. The van der Waals surface area contributed by atoms with Gasteiger partial charge in [0.25, 0.3) is 0 Å². The summed E-state index contributed by atoms with van der Waals surface area (Å²) >= 11 is 9.75. The highest BCUT2D eigenvalue weighted by atomic mass is 79.9. The van der Waals surface area contributed by atoms with Crippen LogP contribution < -0.4 is 0 Å². The van der Waals surface area contributed by atoms with Crippen LogP contribution in [0.5, 0.6) is 0 Å². The second-order valence-electron chi connectivity index (χ2n) is 5.10.